The first-order valence-corrected chi connectivity index (χ1v) is 4.65. The van der Waals surface area contributed by atoms with Gasteiger partial charge in [0.1, 0.15) is 0 Å². The van der Waals surface area contributed by atoms with Crippen LogP contribution in [0, 0.1) is 10.8 Å². The molecule has 0 aromatic carbocycles. The molecule has 0 heteroatoms. The lowest BCUT2D eigenvalue weighted by Gasteiger charge is -2.39. The first kappa shape index (κ1) is 8.83. The van der Waals surface area contributed by atoms with Gasteiger partial charge in [0.2, 0.25) is 0 Å². The molecule has 0 aromatic heterocycles. The van der Waals surface area contributed by atoms with Gasteiger partial charge >= 0.3 is 0 Å². The van der Waals surface area contributed by atoms with Crippen LogP contribution in [0.3, 0.4) is 0 Å². The molecule has 1 aliphatic rings. The standard InChI is InChI=1S/C11H20/c1-5-11(10(2,3)4)8-6-7-9-11/h5H,1,6-9H2,2-4H3. The molecule has 1 saturated carbocycles. The summed E-state index contributed by atoms with van der Waals surface area (Å²) in [5.74, 6) is 0. The van der Waals surface area contributed by atoms with Gasteiger partial charge in [0.25, 0.3) is 0 Å². The summed E-state index contributed by atoms with van der Waals surface area (Å²) >= 11 is 0. The monoisotopic (exact) mass is 152 g/mol. The van der Waals surface area contributed by atoms with Crippen LogP contribution < -0.4 is 0 Å². The van der Waals surface area contributed by atoms with E-state index < -0.39 is 0 Å². The normalized spacial score (nSPS) is 23.5. The van der Waals surface area contributed by atoms with Gasteiger partial charge in [-0.05, 0) is 23.7 Å². The first-order chi connectivity index (χ1) is 5.02. The fraction of sp³-hybridized carbons (Fsp3) is 0.818. The third kappa shape index (κ3) is 1.36. The van der Waals surface area contributed by atoms with Crippen molar-refractivity contribution in [3.63, 3.8) is 0 Å². The Hall–Kier alpha value is -0.260. The van der Waals surface area contributed by atoms with Crippen LogP contribution in [0.1, 0.15) is 46.5 Å². The topological polar surface area (TPSA) is 0 Å². The smallest absolute Gasteiger partial charge is 0.00724 e. The van der Waals surface area contributed by atoms with Gasteiger partial charge in [-0.25, -0.2) is 0 Å². The second kappa shape index (κ2) is 2.66. The summed E-state index contributed by atoms with van der Waals surface area (Å²) in [7, 11) is 0. The molecule has 0 spiro atoms. The summed E-state index contributed by atoms with van der Waals surface area (Å²) in [6.45, 7) is 11.0. The van der Waals surface area contributed by atoms with Crippen LogP contribution in [-0.4, -0.2) is 0 Å². The second-order valence-electron chi connectivity index (χ2n) is 4.82. The summed E-state index contributed by atoms with van der Waals surface area (Å²) in [6, 6.07) is 0. The highest BCUT2D eigenvalue weighted by molar-refractivity contribution is 5.04. The van der Waals surface area contributed by atoms with Crippen LogP contribution in [0.25, 0.3) is 0 Å². The Bertz CT molecular complexity index is 142. The van der Waals surface area contributed by atoms with Gasteiger partial charge < -0.3 is 0 Å². The summed E-state index contributed by atoms with van der Waals surface area (Å²) in [6.07, 6.45) is 7.67. The summed E-state index contributed by atoms with van der Waals surface area (Å²) in [5, 5.41) is 0. The summed E-state index contributed by atoms with van der Waals surface area (Å²) in [4.78, 5) is 0. The Kier molecular flexibility index (Phi) is 2.13. The van der Waals surface area contributed by atoms with Crippen molar-refractivity contribution in [2.24, 2.45) is 10.8 Å². The van der Waals surface area contributed by atoms with Crippen LogP contribution in [0.15, 0.2) is 12.7 Å². The minimum atomic E-state index is 0.408. The zero-order chi connectivity index (χ0) is 8.54. The van der Waals surface area contributed by atoms with Crippen LogP contribution >= 0.6 is 0 Å². The number of hydrogen-bond acceptors (Lipinski definition) is 0. The van der Waals surface area contributed by atoms with E-state index in [0.29, 0.717) is 10.8 Å². The molecule has 0 aliphatic heterocycles. The number of hydrogen-bond donors (Lipinski definition) is 0. The van der Waals surface area contributed by atoms with Crippen LogP contribution in [0.4, 0.5) is 0 Å². The Morgan fingerprint density at radius 3 is 1.82 bits per heavy atom. The Morgan fingerprint density at radius 2 is 1.64 bits per heavy atom. The first-order valence-electron chi connectivity index (χ1n) is 4.65. The van der Waals surface area contributed by atoms with Crippen LogP contribution in [-0.2, 0) is 0 Å². The molecule has 1 rings (SSSR count). The van der Waals surface area contributed by atoms with Gasteiger partial charge in [0, 0.05) is 0 Å². The zero-order valence-electron chi connectivity index (χ0n) is 8.11. The van der Waals surface area contributed by atoms with Crippen molar-refractivity contribution in [1.82, 2.24) is 0 Å². The van der Waals surface area contributed by atoms with E-state index in [-0.39, 0.29) is 0 Å². The molecule has 0 saturated heterocycles. The molecule has 1 aliphatic carbocycles. The molecular formula is C11H20. The molecule has 0 amide bonds. The van der Waals surface area contributed by atoms with E-state index in [2.05, 4.69) is 33.4 Å². The van der Waals surface area contributed by atoms with E-state index in [1.54, 1.807) is 0 Å². The number of rotatable bonds is 1. The molecular weight excluding hydrogens is 132 g/mol. The van der Waals surface area contributed by atoms with E-state index >= 15 is 0 Å². The van der Waals surface area contributed by atoms with Crippen molar-refractivity contribution in [2.45, 2.75) is 46.5 Å². The maximum atomic E-state index is 3.98. The van der Waals surface area contributed by atoms with Gasteiger partial charge in [-0.2, -0.15) is 0 Å². The predicted molar refractivity (Wildman–Crippen MR) is 50.6 cm³/mol. The Morgan fingerprint density at radius 1 is 1.18 bits per heavy atom. The second-order valence-corrected chi connectivity index (χ2v) is 4.82. The minimum absolute atomic E-state index is 0.408. The highest BCUT2D eigenvalue weighted by Crippen LogP contribution is 2.51. The molecule has 0 atom stereocenters. The van der Waals surface area contributed by atoms with Gasteiger partial charge in [0.15, 0.2) is 0 Å². The Labute approximate surface area is 70.7 Å². The maximum Gasteiger partial charge on any atom is -0.00724 e. The third-order valence-electron chi connectivity index (χ3n) is 3.38. The van der Waals surface area contributed by atoms with E-state index in [0.717, 1.165) is 0 Å². The molecule has 64 valence electrons. The van der Waals surface area contributed by atoms with Crippen molar-refractivity contribution >= 4 is 0 Å². The fourth-order valence-corrected chi connectivity index (χ4v) is 2.27. The van der Waals surface area contributed by atoms with Crippen molar-refractivity contribution in [2.75, 3.05) is 0 Å². The molecule has 1 fully saturated rings. The van der Waals surface area contributed by atoms with E-state index in [9.17, 15) is 0 Å². The van der Waals surface area contributed by atoms with Gasteiger partial charge in [-0.15, -0.1) is 6.58 Å². The highest BCUT2D eigenvalue weighted by atomic mass is 14.5. The minimum Gasteiger partial charge on any atom is -0.103 e. The van der Waals surface area contributed by atoms with Crippen molar-refractivity contribution in [3.8, 4) is 0 Å². The average Bonchev–Trinajstić information content (AvgIpc) is 2.33. The molecule has 0 aromatic rings. The molecule has 11 heavy (non-hydrogen) atoms. The molecule has 0 unspecified atom stereocenters. The van der Waals surface area contributed by atoms with Crippen molar-refractivity contribution < 1.29 is 0 Å². The highest BCUT2D eigenvalue weighted by Gasteiger charge is 2.40. The van der Waals surface area contributed by atoms with Gasteiger partial charge in [-0.1, -0.05) is 39.7 Å². The lowest BCUT2D eigenvalue weighted by atomic mass is 9.65. The zero-order valence-corrected chi connectivity index (χ0v) is 8.11. The molecule has 0 heterocycles. The van der Waals surface area contributed by atoms with E-state index in [1.807, 2.05) is 0 Å². The fourth-order valence-electron chi connectivity index (χ4n) is 2.27. The molecule has 0 N–H and O–H groups in total. The summed E-state index contributed by atoms with van der Waals surface area (Å²) in [5.41, 5.74) is 0.845. The summed E-state index contributed by atoms with van der Waals surface area (Å²) < 4.78 is 0. The van der Waals surface area contributed by atoms with Gasteiger partial charge in [0.05, 0.1) is 0 Å². The van der Waals surface area contributed by atoms with Crippen LogP contribution in [0.5, 0.6) is 0 Å². The lowest BCUT2D eigenvalue weighted by Crippen LogP contribution is -2.30. The van der Waals surface area contributed by atoms with Crippen LogP contribution in [0.2, 0.25) is 0 Å². The molecule has 0 nitrogen and oxygen atoms in total. The Balaban J connectivity index is 2.83. The van der Waals surface area contributed by atoms with Gasteiger partial charge in [-0.3, -0.25) is 0 Å². The lowest BCUT2D eigenvalue weighted by molar-refractivity contribution is 0.153. The third-order valence-corrected chi connectivity index (χ3v) is 3.38. The number of allylic oxidation sites excluding steroid dienone is 1. The molecule has 0 radical (unpaired) electrons. The SMILES string of the molecule is C=CC1(C(C)(C)C)CCCC1. The largest absolute Gasteiger partial charge is 0.103 e. The van der Waals surface area contributed by atoms with E-state index in [1.165, 1.54) is 25.7 Å². The maximum absolute atomic E-state index is 3.98. The van der Waals surface area contributed by atoms with Crippen molar-refractivity contribution in [1.29, 1.82) is 0 Å². The molecule has 0 bridgehead atoms. The average molecular weight is 152 g/mol. The van der Waals surface area contributed by atoms with Crippen molar-refractivity contribution in [3.05, 3.63) is 12.7 Å². The quantitative estimate of drug-likeness (QED) is 0.502. The van der Waals surface area contributed by atoms with E-state index in [4.69, 9.17) is 0 Å². The predicted octanol–water partition coefficient (Wildman–Crippen LogP) is 3.78.